The van der Waals surface area contributed by atoms with Gasteiger partial charge in [0.2, 0.25) is 0 Å². The summed E-state index contributed by atoms with van der Waals surface area (Å²) < 4.78 is 0. The standard InChI is InChI=1S/C12H27N/c1-6-8-10-11(3,4)12(5,13)9-7-2/h6-10,13H2,1-5H3/t12-/m0/s1. The van der Waals surface area contributed by atoms with Gasteiger partial charge in [-0.05, 0) is 25.2 Å². The zero-order valence-electron chi connectivity index (χ0n) is 10.1. The number of rotatable bonds is 6. The van der Waals surface area contributed by atoms with Crippen LogP contribution in [-0.2, 0) is 0 Å². The van der Waals surface area contributed by atoms with Gasteiger partial charge in [-0.25, -0.2) is 0 Å². The van der Waals surface area contributed by atoms with Crippen molar-refractivity contribution in [3.8, 4) is 0 Å². The van der Waals surface area contributed by atoms with Crippen molar-refractivity contribution in [3.05, 3.63) is 0 Å². The molecule has 0 radical (unpaired) electrons. The van der Waals surface area contributed by atoms with Crippen molar-refractivity contribution in [2.45, 2.75) is 72.3 Å². The third-order valence-corrected chi connectivity index (χ3v) is 3.47. The van der Waals surface area contributed by atoms with Crippen LogP contribution in [0.2, 0.25) is 0 Å². The highest BCUT2D eigenvalue weighted by molar-refractivity contribution is 4.93. The second-order valence-electron chi connectivity index (χ2n) is 5.15. The molecule has 0 aliphatic heterocycles. The molecule has 0 aromatic rings. The second-order valence-corrected chi connectivity index (χ2v) is 5.15. The van der Waals surface area contributed by atoms with Gasteiger partial charge in [-0.1, -0.05) is 47.0 Å². The van der Waals surface area contributed by atoms with Crippen molar-refractivity contribution in [3.63, 3.8) is 0 Å². The average Bonchev–Trinajstić information content (AvgIpc) is 2.00. The van der Waals surface area contributed by atoms with Gasteiger partial charge >= 0.3 is 0 Å². The monoisotopic (exact) mass is 185 g/mol. The third-order valence-electron chi connectivity index (χ3n) is 3.47. The molecule has 1 nitrogen and oxygen atoms in total. The molecule has 13 heavy (non-hydrogen) atoms. The summed E-state index contributed by atoms with van der Waals surface area (Å²) in [5.41, 5.74) is 6.62. The van der Waals surface area contributed by atoms with E-state index >= 15 is 0 Å². The zero-order chi connectivity index (χ0) is 10.5. The summed E-state index contributed by atoms with van der Waals surface area (Å²) in [5, 5.41) is 0. The molecule has 0 amide bonds. The van der Waals surface area contributed by atoms with Gasteiger partial charge in [-0.2, -0.15) is 0 Å². The molecule has 0 unspecified atom stereocenters. The number of unbranched alkanes of at least 4 members (excludes halogenated alkanes) is 1. The molecule has 0 aliphatic carbocycles. The molecule has 0 saturated carbocycles. The second kappa shape index (κ2) is 4.99. The molecule has 0 aromatic heterocycles. The first kappa shape index (κ1) is 13.0. The van der Waals surface area contributed by atoms with E-state index in [-0.39, 0.29) is 11.0 Å². The summed E-state index contributed by atoms with van der Waals surface area (Å²) >= 11 is 0. The first-order valence-corrected chi connectivity index (χ1v) is 5.66. The van der Waals surface area contributed by atoms with Crippen LogP contribution in [-0.4, -0.2) is 5.54 Å². The van der Waals surface area contributed by atoms with Gasteiger partial charge in [0.25, 0.3) is 0 Å². The van der Waals surface area contributed by atoms with E-state index in [2.05, 4.69) is 34.6 Å². The van der Waals surface area contributed by atoms with Gasteiger partial charge in [-0.3, -0.25) is 0 Å². The number of nitrogens with two attached hydrogens (primary N) is 1. The van der Waals surface area contributed by atoms with Crippen LogP contribution in [0.25, 0.3) is 0 Å². The first-order valence-electron chi connectivity index (χ1n) is 5.66. The lowest BCUT2D eigenvalue weighted by Crippen LogP contribution is -2.49. The van der Waals surface area contributed by atoms with Gasteiger partial charge in [0, 0.05) is 5.54 Å². The van der Waals surface area contributed by atoms with Crippen molar-refractivity contribution in [2.24, 2.45) is 11.1 Å². The van der Waals surface area contributed by atoms with E-state index in [4.69, 9.17) is 5.73 Å². The Morgan fingerprint density at radius 2 is 1.46 bits per heavy atom. The SMILES string of the molecule is CCCCC(C)(C)[C@@](C)(N)CCC. The summed E-state index contributed by atoms with van der Waals surface area (Å²) in [6, 6.07) is 0. The summed E-state index contributed by atoms with van der Waals surface area (Å²) in [4.78, 5) is 0. The molecule has 0 aromatic carbocycles. The zero-order valence-corrected chi connectivity index (χ0v) is 10.1. The third kappa shape index (κ3) is 3.68. The van der Waals surface area contributed by atoms with Gasteiger partial charge in [-0.15, -0.1) is 0 Å². The summed E-state index contributed by atoms with van der Waals surface area (Å²) in [6.07, 6.45) is 6.12. The van der Waals surface area contributed by atoms with E-state index in [0.717, 1.165) is 6.42 Å². The van der Waals surface area contributed by atoms with Crippen LogP contribution < -0.4 is 5.73 Å². The fraction of sp³-hybridized carbons (Fsp3) is 1.00. The van der Waals surface area contributed by atoms with Gasteiger partial charge in [0.1, 0.15) is 0 Å². The maximum atomic E-state index is 6.35. The van der Waals surface area contributed by atoms with Gasteiger partial charge < -0.3 is 5.73 Å². The Kier molecular flexibility index (Phi) is 4.98. The number of hydrogen-bond donors (Lipinski definition) is 1. The largest absolute Gasteiger partial charge is 0.325 e. The van der Waals surface area contributed by atoms with Crippen molar-refractivity contribution in [2.75, 3.05) is 0 Å². The Morgan fingerprint density at radius 3 is 1.85 bits per heavy atom. The minimum atomic E-state index is -0.00306. The highest BCUT2D eigenvalue weighted by atomic mass is 14.8. The van der Waals surface area contributed by atoms with E-state index in [9.17, 15) is 0 Å². The Hall–Kier alpha value is -0.0400. The van der Waals surface area contributed by atoms with E-state index in [1.807, 2.05) is 0 Å². The van der Waals surface area contributed by atoms with Gasteiger partial charge in [0.15, 0.2) is 0 Å². The maximum Gasteiger partial charge on any atom is 0.0177 e. The molecule has 0 bridgehead atoms. The lowest BCUT2D eigenvalue weighted by molar-refractivity contribution is 0.152. The molecule has 0 rings (SSSR count). The Morgan fingerprint density at radius 1 is 0.923 bits per heavy atom. The van der Waals surface area contributed by atoms with Crippen LogP contribution in [0.15, 0.2) is 0 Å². The van der Waals surface area contributed by atoms with Crippen molar-refractivity contribution in [1.82, 2.24) is 0 Å². The average molecular weight is 185 g/mol. The number of hydrogen-bond acceptors (Lipinski definition) is 1. The van der Waals surface area contributed by atoms with Crippen molar-refractivity contribution >= 4 is 0 Å². The first-order chi connectivity index (χ1) is 5.87. The predicted molar refractivity (Wildman–Crippen MR) is 60.8 cm³/mol. The molecule has 2 N–H and O–H groups in total. The topological polar surface area (TPSA) is 26.0 Å². The fourth-order valence-electron chi connectivity index (χ4n) is 1.76. The molecule has 0 heterocycles. The summed E-state index contributed by atoms with van der Waals surface area (Å²) in [7, 11) is 0. The predicted octanol–water partition coefficient (Wildman–Crippen LogP) is 3.72. The normalized spacial score (nSPS) is 17.1. The van der Waals surface area contributed by atoms with Gasteiger partial charge in [0.05, 0.1) is 0 Å². The smallest absolute Gasteiger partial charge is 0.0177 e. The molecule has 0 saturated heterocycles. The quantitative estimate of drug-likeness (QED) is 0.670. The van der Waals surface area contributed by atoms with E-state index < -0.39 is 0 Å². The van der Waals surface area contributed by atoms with E-state index in [1.54, 1.807) is 0 Å². The maximum absolute atomic E-state index is 6.35. The summed E-state index contributed by atoms with van der Waals surface area (Å²) in [5.74, 6) is 0. The van der Waals surface area contributed by atoms with E-state index in [1.165, 1.54) is 25.7 Å². The minimum Gasteiger partial charge on any atom is -0.325 e. The van der Waals surface area contributed by atoms with Crippen molar-refractivity contribution in [1.29, 1.82) is 0 Å². The Bertz CT molecular complexity index is 136. The summed E-state index contributed by atoms with van der Waals surface area (Å²) in [6.45, 7) is 11.3. The van der Waals surface area contributed by atoms with Crippen LogP contribution in [0.5, 0.6) is 0 Å². The van der Waals surface area contributed by atoms with Crippen LogP contribution >= 0.6 is 0 Å². The van der Waals surface area contributed by atoms with Crippen molar-refractivity contribution < 1.29 is 0 Å². The highest BCUT2D eigenvalue weighted by Crippen LogP contribution is 2.36. The molecule has 1 heteroatoms. The Labute approximate surface area is 84.1 Å². The molecule has 0 aliphatic rings. The molecule has 80 valence electrons. The van der Waals surface area contributed by atoms with E-state index in [0.29, 0.717) is 0 Å². The molecule has 0 spiro atoms. The van der Waals surface area contributed by atoms with Crippen LogP contribution in [0.1, 0.15) is 66.7 Å². The highest BCUT2D eigenvalue weighted by Gasteiger charge is 2.35. The Balaban J connectivity index is 4.22. The fourth-order valence-corrected chi connectivity index (χ4v) is 1.76. The lowest BCUT2D eigenvalue weighted by atomic mass is 9.69. The van der Waals surface area contributed by atoms with Crippen LogP contribution in [0.3, 0.4) is 0 Å². The van der Waals surface area contributed by atoms with Crippen LogP contribution in [0, 0.1) is 5.41 Å². The lowest BCUT2D eigenvalue weighted by Gasteiger charge is -2.41. The van der Waals surface area contributed by atoms with Crippen LogP contribution in [0.4, 0.5) is 0 Å². The molecular weight excluding hydrogens is 158 g/mol. The molecule has 1 atom stereocenters. The minimum absolute atomic E-state index is 0.00306. The molecular formula is C12H27N. The molecule has 0 fully saturated rings.